The first-order valence-corrected chi connectivity index (χ1v) is 7.52. The van der Waals surface area contributed by atoms with Crippen LogP contribution in [0.15, 0.2) is 24.3 Å². The van der Waals surface area contributed by atoms with Gasteiger partial charge in [0.05, 0.1) is 0 Å². The number of rotatable bonds is 6. The average molecular weight is 245 g/mol. The van der Waals surface area contributed by atoms with E-state index in [2.05, 4.69) is 50.4 Å². The fourth-order valence-electron chi connectivity index (χ4n) is 3.05. The predicted molar refractivity (Wildman–Crippen MR) is 79.1 cm³/mol. The third kappa shape index (κ3) is 3.35. The highest BCUT2D eigenvalue weighted by molar-refractivity contribution is 5.31. The normalized spacial score (nSPS) is 24.6. The van der Waals surface area contributed by atoms with Crippen LogP contribution in [0.1, 0.15) is 63.0 Å². The Balaban J connectivity index is 1.75. The molecule has 1 N–H and O–H groups in total. The minimum atomic E-state index is 0.688. The van der Waals surface area contributed by atoms with E-state index in [4.69, 9.17) is 0 Å². The summed E-state index contributed by atoms with van der Waals surface area (Å²) in [4.78, 5) is 0. The standard InChI is InChI=1S/C17H27N/c1-4-5-9-14(3)18-16-11-15(12-16)17-10-7-6-8-13(17)2/h6-8,10,14-16,18H,4-5,9,11-12H2,1-3H3. The topological polar surface area (TPSA) is 12.0 Å². The Bertz CT molecular complexity index is 366. The SMILES string of the molecule is CCCCC(C)NC1CC(c2ccccc2C)C1. The molecule has 0 aliphatic heterocycles. The van der Waals surface area contributed by atoms with Crippen LogP contribution in [0.4, 0.5) is 0 Å². The molecule has 0 heterocycles. The van der Waals surface area contributed by atoms with Crippen molar-refractivity contribution in [3.8, 4) is 0 Å². The number of aryl methyl sites for hydroxylation is 1. The smallest absolute Gasteiger partial charge is 0.00812 e. The van der Waals surface area contributed by atoms with Crippen molar-refractivity contribution in [1.29, 1.82) is 0 Å². The van der Waals surface area contributed by atoms with Crippen molar-refractivity contribution < 1.29 is 0 Å². The van der Waals surface area contributed by atoms with E-state index in [0.717, 1.165) is 12.0 Å². The molecule has 1 aromatic rings. The van der Waals surface area contributed by atoms with Gasteiger partial charge in [0.2, 0.25) is 0 Å². The fraction of sp³-hybridized carbons (Fsp3) is 0.647. The molecule has 0 saturated heterocycles. The van der Waals surface area contributed by atoms with E-state index in [9.17, 15) is 0 Å². The lowest BCUT2D eigenvalue weighted by atomic mass is 9.74. The van der Waals surface area contributed by atoms with E-state index in [1.165, 1.54) is 37.7 Å². The Hall–Kier alpha value is -0.820. The number of unbranched alkanes of at least 4 members (excludes halogenated alkanes) is 1. The second-order valence-electron chi connectivity index (χ2n) is 5.93. The third-order valence-corrected chi connectivity index (χ3v) is 4.28. The largest absolute Gasteiger partial charge is 0.311 e. The maximum absolute atomic E-state index is 3.77. The van der Waals surface area contributed by atoms with Gasteiger partial charge < -0.3 is 5.32 Å². The van der Waals surface area contributed by atoms with Crippen LogP contribution in [0.5, 0.6) is 0 Å². The molecule has 2 rings (SSSR count). The van der Waals surface area contributed by atoms with Gasteiger partial charge in [-0.05, 0) is 50.2 Å². The summed E-state index contributed by atoms with van der Waals surface area (Å²) in [5.41, 5.74) is 3.02. The molecule has 1 nitrogen and oxygen atoms in total. The zero-order valence-corrected chi connectivity index (χ0v) is 12.1. The molecular weight excluding hydrogens is 218 g/mol. The molecule has 0 aromatic heterocycles. The first kappa shape index (κ1) is 13.6. The molecule has 1 unspecified atom stereocenters. The van der Waals surface area contributed by atoms with Gasteiger partial charge in [-0.15, -0.1) is 0 Å². The summed E-state index contributed by atoms with van der Waals surface area (Å²) in [7, 11) is 0. The molecule has 100 valence electrons. The van der Waals surface area contributed by atoms with Crippen molar-refractivity contribution in [3.05, 3.63) is 35.4 Å². The summed E-state index contributed by atoms with van der Waals surface area (Å²) in [5, 5.41) is 3.77. The second-order valence-corrected chi connectivity index (χ2v) is 5.93. The van der Waals surface area contributed by atoms with Crippen molar-refractivity contribution in [2.75, 3.05) is 0 Å². The van der Waals surface area contributed by atoms with Gasteiger partial charge in [0.25, 0.3) is 0 Å². The van der Waals surface area contributed by atoms with Gasteiger partial charge in [0.15, 0.2) is 0 Å². The van der Waals surface area contributed by atoms with Crippen molar-refractivity contribution in [1.82, 2.24) is 5.32 Å². The second kappa shape index (κ2) is 6.38. The van der Waals surface area contributed by atoms with Gasteiger partial charge in [-0.2, -0.15) is 0 Å². The van der Waals surface area contributed by atoms with Crippen LogP contribution in [-0.2, 0) is 0 Å². The summed E-state index contributed by atoms with van der Waals surface area (Å²) in [5.74, 6) is 0.794. The van der Waals surface area contributed by atoms with Gasteiger partial charge in [0.1, 0.15) is 0 Å². The van der Waals surface area contributed by atoms with Gasteiger partial charge in [-0.25, -0.2) is 0 Å². The Kier molecular flexibility index (Phi) is 4.82. The predicted octanol–water partition coefficient (Wildman–Crippen LogP) is 4.41. The molecule has 1 aliphatic rings. The third-order valence-electron chi connectivity index (χ3n) is 4.28. The summed E-state index contributed by atoms with van der Waals surface area (Å²) in [6.07, 6.45) is 6.62. The van der Waals surface area contributed by atoms with Gasteiger partial charge in [0, 0.05) is 12.1 Å². The summed E-state index contributed by atoms with van der Waals surface area (Å²) < 4.78 is 0. The zero-order chi connectivity index (χ0) is 13.0. The van der Waals surface area contributed by atoms with Gasteiger partial charge >= 0.3 is 0 Å². The van der Waals surface area contributed by atoms with Crippen LogP contribution >= 0.6 is 0 Å². The lowest BCUT2D eigenvalue weighted by molar-refractivity contribution is 0.263. The highest BCUT2D eigenvalue weighted by Crippen LogP contribution is 2.38. The Morgan fingerprint density at radius 1 is 1.28 bits per heavy atom. The summed E-state index contributed by atoms with van der Waals surface area (Å²) >= 11 is 0. The highest BCUT2D eigenvalue weighted by atomic mass is 15.0. The minimum Gasteiger partial charge on any atom is -0.311 e. The Morgan fingerprint density at radius 2 is 2.00 bits per heavy atom. The minimum absolute atomic E-state index is 0.688. The van der Waals surface area contributed by atoms with Crippen LogP contribution in [-0.4, -0.2) is 12.1 Å². The van der Waals surface area contributed by atoms with Crippen molar-refractivity contribution in [2.24, 2.45) is 0 Å². The maximum atomic E-state index is 3.77. The van der Waals surface area contributed by atoms with E-state index in [-0.39, 0.29) is 0 Å². The zero-order valence-electron chi connectivity index (χ0n) is 12.1. The number of hydrogen-bond acceptors (Lipinski definition) is 1. The molecule has 18 heavy (non-hydrogen) atoms. The number of benzene rings is 1. The molecule has 0 amide bonds. The summed E-state index contributed by atoms with van der Waals surface area (Å²) in [6, 6.07) is 10.3. The lowest BCUT2D eigenvalue weighted by Crippen LogP contribution is -2.44. The number of hydrogen-bond donors (Lipinski definition) is 1. The van der Waals surface area contributed by atoms with Crippen molar-refractivity contribution in [2.45, 2.75) is 70.9 Å². The van der Waals surface area contributed by atoms with E-state index in [0.29, 0.717) is 6.04 Å². The maximum Gasteiger partial charge on any atom is 0.00812 e. The van der Waals surface area contributed by atoms with Crippen LogP contribution in [0.2, 0.25) is 0 Å². The monoisotopic (exact) mass is 245 g/mol. The van der Waals surface area contributed by atoms with E-state index in [1.807, 2.05) is 0 Å². The molecule has 0 bridgehead atoms. The number of nitrogens with one attached hydrogen (secondary N) is 1. The Morgan fingerprint density at radius 3 is 2.67 bits per heavy atom. The molecular formula is C17H27N. The lowest BCUT2D eigenvalue weighted by Gasteiger charge is -2.39. The molecule has 0 spiro atoms. The van der Waals surface area contributed by atoms with Crippen LogP contribution in [0, 0.1) is 6.92 Å². The average Bonchev–Trinajstić information content (AvgIpc) is 2.32. The highest BCUT2D eigenvalue weighted by Gasteiger charge is 2.31. The van der Waals surface area contributed by atoms with Gasteiger partial charge in [-0.1, -0.05) is 44.0 Å². The molecule has 0 radical (unpaired) electrons. The molecule has 1 saturated carbocycles. The molecule has 1 fully saturated rings. The molecule has 1 heteroatoms. The van der Waals surface area contributed by atoms with Gasteiger partial charge in [-0.3, -0.25) is 0 Å². The van der Waals surface area contributed by atoms with E-state index >= 15 is 0 Å². The van der Waals surface area contributed by atoms with Crippen LogP contribution in [0.3, 0.4) is 0 Å². The first-order valence-electron chi connectivity index (χ1n) is 7.52. The first-order chi connectivity index (χ1) is 8.70. The van der Waals surface area contributed by atoms with E-state index in [1.54, 1.807) is 5.56 Å². The van der Waals surface area contributed by atoms with Crippen LogP contribution < -0.4 is 5.32 Å². The Labute approximate surface area is 112 Å². The molecule has 1 atom stereocenters. The van der Waals surface area contributed by atoms with E-state index < -0.39 is 0 Å². The molecule has 1 aromatic carbocycles. The quantitative estimate of drug-likeness (QED) is 0.783. The van der Waals surface area contributed by atoms with Crippen LogP contribution in [0.25, 0.3) is 0 Å². The fourth-order valence-corrected chi connectivity index (χ4v) is 3.05. The van der Waals surface area contributed by atoms with Crippen molar-refractivity contribution >= 4 is 0 Å². The summed E-state index contributed by atoms with van der Waals surface area (Å²) in [6.45, 7) is 6.83. The molecule has 1 aliphatic carbocycles. The van der Waals surface area contributed by atoms with Crippen molar-refractivity contribution in [3.63, 3.8) is 0 Å².